The summed E-state index contributed by atoms with van der Waals surface area (Å²) in [6, 6.07) is 27.0. The number of hydrogen-bond donors (Lipinski definition) is 0. The third-order valence-electron chi connectivity index (χ3n) is 5.81. The van der Waals surface area contributed by atoms with E-state index in [9.17, 15) is 0 Å². The smallest absolute Gasteiger partial charge is 0.161 e. The van der Waals surface area contributed by atoms with Crippen molar-refractivity contribution in [2.45, 2.75) is 13.2 Å². The van der Waals surface area contributed by atoms with Crippen molar-refractivity contribution >= 4 is 6.08 Å². The molecule has 0 spiro atoms. The van der Waals surface area contributed by atoms with Gasteiger partial charge in [-0.1, -0.05) is 78.9 Å². The Labute approximate surface area is 191 Å². The highest BCUT2D eigenvalue weighted by atomic mass is 16.5. The highest BCUT2D eigenvalue weighted by molar-refractivity contribution is 5.48. The minimum atomic E-state index is 0.539. The summed E-state index contributed by atoms with van der Waals surface area (Å²) in [7, 11) is 1.70. The molecule has 4 nitrogen and oxygen atoms in total. The van der Waals surface area contributed by atoms with Crippen molar-refractivity contribution in [3.63, 3.8) is 0 Å². The topological polar surface area (TPSA) is 24.9 Å². The first-order valence-electron chi connectivity index (χ1n) is 11.3. The zero-order valence-corrected chi connectivity index (χ0v) is 18.8. The molecular weight excluding hydrogens is 396 g/mol. The van der Waals surface area contributed by atoms with Crippen molar-refractivity contribution in [3.8, 4) is 11.5 Å². The van der Waals surface area contributed by atoms with Crippen molar-refractivity contribution in [2.24, 2.45) is 0 Å². The minimum Gasteiger partial charge on any atom is -0.493 e. The van der Waals surface area contributed by atoms with Crippen LogP contribution < -0.4 is 9.47 Å². The van der Waals surface area contributed by atoms with Gasteiger partial charge in [0.15, 0.2) is 11.5 Å². The van der Waals surface area contributed by atoms with Crippen LogP contribution in [0.3, 0.4) is 0 Å². The molecule has 166 valence electrons. The van der Waals surface area contributed by atoms with Crippen LogP contribution >= 0.6 is 0 Å². The zero-order valence-electron chi connectivity index (χ0n) is 18.8. The molecule has 0 bridgehead atoms. The summed E-state index contributed by atoms with van der Waals surface area (Å²) in [4.78, 5) is 5.02. The summed E-state index contributed by atoms with van der Waals surface area (Å²) >= 11 is 0. The fraction of sp³-hybridized carbons (Fsp3) is 0.286. The summed E-state index contributed by atoms with van der Waals surface area (Å²) in [6.45, 7) is 6.81. The fourth-order valence-corrected chi connectivity index (χ4v) is 3.96. The van der Waals surface area contributed by atoms with E-state index in [-0.39, 0.29) is 0 Å². The predicted octanol–water partition coefficient (Wildman–Crippen LogP) is 5.11. The second-order valence-corrected chi connectivity index (χ2v) is 8.15. The lowest BCUT2D eigenvalue weighted by atomic mass is 10.1. The van der Waals surface area contributed by atoms with E-state index in [4.69, 9.17) is 9.47 Å². The van der Waals surface area contributed by atoms with Gasteiger partial charge in [-0.25, -0.2) is 0 Å². The second-order valence-electron chi connectivity index (χ2n) is 8.15. The van der Waals surface area contributed by atoms with Gasteiger partial charge in [-0.05, 0) is 28.8 Å². The van der Waals surface area contributed by atoms with Crippen molar-refractivity contribution < 1.29 is 9.47 Å². The van der Waals surface area contributed by atoms with Gasteiger partial charge in [0.2, 0.25) is 0 Å². The average Bonchev–Trinajstić information content (AvgIpc) is 2.85. The molecule has 1 aliphatic heterocycles. The zero-order chi connectivity index (χ0) is 22.0. The Morgan fingerprint density at radius 1 is 0.750 bits per heavy atom. The van der Waals surface area contributed by atoms with Gasteiger partial charge in [-0.2, -0.15) is 0 Å². The summed E-state index contributed by atoms with van der Waals surface area (Å²) in [5.41, 5.74) is 3.66. The first-order chi connectivity index (χ1) is 15.8. The highest BCUT2D eigenvalue weighted by Gasteiger charge is 2.17. The van der Waals surface area contributed by atoms with E-state index in [0.717, 1.165) is 56.3 Å². The van der Waals surface area contributed by atoms with Gasteiger partial charge in [-0.3, -0.25) is 9.80 Å². The number of ether oxygens (including phenoxy) is 2. The van der Waals surface area contributed by atoms with Gasteiger partial charge in [0, 0.05) is 39.3 Å². The maximum atomic E-state index is 5.99. The van der Waals surface area contributed by atoms with Gasteiger partial charge in [0.1, 0.15) is 6.61 Å². The summed E-state index contributed by atoms with van der Waals surface area (Å²) in [5.74, 6) is 1.58. The molecule has 0 aromatic heterocycles. The second kappa shape index (κ2) is 11.5. The van der Waals surface area contributed by atoms with Crippen molar-refractivity contribution in [3.05, 3.63) is 102 Å². The van der Waals surface area contributed by atoms with Crippen molar-refractivity contribution in [1.29, 1.82) is 0 Å². The molecule has 0 saturated carbocycles. The van der Waals surface area contributed by atoms with Crippen molar-refractivity contribution in [2.75, 3.05) is 39.8 Å². The van der Waals surface area contributed by atoms with Gasteiger partial charge in [0.05, 0.1) is 7.11 Å². The molecule has 3 aromatic carbocycles. The number of benzene rings is 3. The molecule has 1 fully saturated rings. The highest BCUT2D eigenvalue weighted by Crippen LogP contribution is 2.29. The van der Waals surface area contributed by atoms with Crippen LogP contribution in [0.1, 0.15) is 16.7 Å². The normalized spacial score (nSPS) is 15.2. The Kier molecular flexibility index (Phi) is 7.96. The molecule has 0 amide bonds. The Balaban J connectivity index is 1.25. The third-order valence-corrected chi connectivity index (χ3v) is 5.81. The van der Waals surface area contributed by atoms with Gasteiger partial charge < -0.3 is 9.47 Å². The Hall–Kier alpha value is -3.08. The lowest BCUT2D eigenvalue weighted by Gasteiger charge is -2.34. The van der Waals surface area contributed by atoms with Gasteiger partial charge >= 0.3 is 0 Å². The van der Waals surface area contributed by atoms with Crippen LogP contribution in [0.5, 0.6) is 11.5 Å². The van der Waals surface area contributed by atoms with Crippen LogP contribution in [0, 0.1) is 0 Å². The van der Waals surface area contributed by atoms with Crippen LogP contribution in [0.25, 0.3) is 6.08 Å². The summed E-state index contributed by atoms with van der Waals surface area (Å²) < 4.78 is 11.6. The molecule has 4 rings (SSSR count). The SMILES string of the molecule is COc1cc(CN2CCN(C/C=C\c3ccccc3)CC2)ccc1OCc1ccccc1. The molecular formula is C28H32N2O2. The molecule has 0 atom stereocenters. The van der Waals surface area contributed by atoms with E-state index in [2.05, 4.69) is 76.5 Å². The van der Waals surface area contributed by atoms with Crippen molar-refractivity contribution in [1.82, 2.24) is 9.80 Å². The molecule has 0 unspecified atom stereocenters. The van der Waals surface area contributed by atoms with Crippen LogP contribution in [-0.4, -0.2) is 49.6 Å². The molecule has 0 N–H and O–H groups in total. The maximum Gasteiger partial charge on any atom is 0.161 e. The lowest BCUT2D eigenvalue weighted by molar-refractivity contribution is 0.137. The number of piperazine rings is 1. The van der Waals surface area contributed by atoms with E-state index >= 15 is 0 Å². The summed E-state index contributed by atoms with van der Waals surface area (Å²) in [5, 5.41) is 0. The minimum absolute atomic E-state index is 0.539. The van der Waals surface area contributed by atoms with E-state index in [0.29, 0.717) is 6.61 Å². The maximum absolute atomic E-state index is 5.99. The first kappa shape index (κ1) is 22.1. The van der Waals surface area contributed by atoms with Crippen LogP contribution in [0.15, 0.2) is 84.9 Å². The van der Waals surface area contributed by atoms with Crippen LogP contribution in [0.4, 0.5) is 0 Å². The standard InChI is InChI=1S/C28H32N2O2/c1-31-28-21-26(14-15-27(28)32-23-25-11-6-3-7-12-25)22-30-19-17-29(18-20-30)16-8-13-24-9-4-2-5-10-24/h2-15,21H,16-20,22-23H2,1H3/b13-8-. The molecule has 3 aromatic rings. The molecule has 0 aliphatic carbocycles. The largest absolute Gasteiger partial charge is 0.493 e. The van der Waals surface area contributed by atoms with Crippen LogP contribution in [-0.2, 0) is 13.2 Å². The number of rotatable bonds is 9. The van der Waals surface area contributed by atoms with E-state index in [1.54, 1.807) is 7.11 Å². The van der Waals surface area contributed by atoms with Crippen LogP contribution in [0.2, 0.25) is 0 Å². The number of hydrogen-bond acceptors (Lipinski definition) is 4. The Morgan fingerprint density at radius 3 is 2.16 bits per heavy atom. The fourth-order valence-electron chi connectivity index (χ4n) is 3.96. The van der Waals surface area contributed by atoms with Gasteiger partial charge in [0.25, 0.3) is 0 Å². The Morgan fingerprint density at radius 2 is 1.44 bits per heavy atom. The van der Waals surface area contributed by atoms with E-state index < -0.39 is 0 Å². The first-order valence-corrected chi connectivity index (χ1v) is 11.3. The molecule has 1 saturated heterocycles. The number of nitrogens with zero attached hydrogens (tertiary/aromatic N) is 2. The quantitative estimate of drug-likeness (QED) is 0.473. The molecule has 4 heteroatoms. The third kappa shape index (κ3) is 6.46. The average molecular weight is 429 g/mol. The van der Waals surface area contributed by atoms with E-state index in [1.165, 1.54) is 11.1 Å². The predicted molar refractivity (Wildman–Crippen MR) is 131 cm³/mol. The molecule has 1 aliphatic rings. The molecule has 32 heavy (non-hydrogen) atoms. The van der Waals surface area contributed by atoms with Gasteiger partial charge in [-0.15, -0.1) is 0 Å². The monoisotopic (exact) mass is 428 g/mol. The number of methoxy groups -OCH3 is 1. The molecule has 0 radical (unpaired) electrons. The Bertz CT molecular complexity index is 981. The lowest BCUT2D eigenvalue weighted by Crippen LogP contribution is -2.45. The van der Waals surface area contributed by atoms with E-state index in [1.807, 2.05) is 24.3 Å². The summed E-state index contributed by atoms with van der Waals surface area (Å²) in [6.07, 6.45) is 4.48. The molecule has 1 heterocycles.